The summed E-state index contributed by atoms with van der Waals surface area (Å²) in [6, 6.07) is 0. The van der Waals surface area contributed by atoms with Crippen LogP contribution in [-0.4, -0.2) is 17.0 Å². The van der Waals surface area contributed by atoms with E-state index < -0.39 is 0 Å². The van der Waals surface area contributed by atoms with E-state index >= 15 is 0 Å². The second kappa shape index (κ2) is 6.02. The summed E-state index contributed by atoms with van der Waals surface area (Å²) in [5.41, 5.74) is 0. The average Bonchev–Trinajstić information content (AvgIpc) is 2.09. The van der Waals surface area contributed by atoms with Crippen molar-refractivity contribution in [2.45, 2.75) is 69.4 Å². The molecule has 1 rings (SSSR count). The molecule has 0 aromatic heterocycles. The Labute approximate surface area is 90.4 Å². The van der Waals surface area contributed by atoms with E-state index in [0.29, 0.717) is 17.0 Å². The summed E-state index contributed by atoms with van der Waals surface area (Å²) in [5, 5.41) is 0. The van der Waals surface area contributed by atoms with E-state index in [1.165, 1.54) is 38.5 Å². The molecule has 0 saturated heterocycles. The highest BCUT2D eigenvalue weighted by atomic mass is 79.9. The van der Waals surface area contributed by atoms with Crippen molar-refractivity contribution in [1.29, 1.82) is 0 Å². The van der Waals surface area contributed by atoms with Gasteiger partial charge >= 0.3 is 0 Å². The molecule has 0 heterocycles. The Hall–Kier alpha value is 0.440. The zero-order valence-corrected chi connectivity index (χ0v) is 10.3. The SMILES string of the molecule is CCCC(C)OC1CCCCC1Br. The van der Waals surface area contributed by atoms with Gasteiger partial charge in [0.15, 0.2) is 0 Å². The second-order valence-electron chi connectivity index (χ2n) is 4.07. The van der Waals surface area contributed by atoms with Crippen LogP contribution in [0.25, 0.3) is 0 Å². The first-order valence-corrected chi connectivity index (χ1v) is 6.45. The van der Waals surface area contributed by atoms with E-state index in [1.54, 1.807) is 0 Å². The molecule has 0 spiro atoms. The molecule has 13 heavy (non-hydrogen) atoms. The lowest BCUT2D eigenvalue weighted by molar-refractivity contribution is -0.0196. The Kier molecular flexibility index (Phi) is 5.34. The van der Waals surface area contributed by atoms with Crippen LogP contribution in [0, 0.1) is 0 Å². The fourth-order valence-electron chi connectivity index (χ4n) is 1.98. The molecule has 1 aliphatic carbocycles. The van der Waals surface area contributed by atoms with Crippen LogP contribution in [0.4, 0.5) is 0 Å². The second-order valence-corrected chi connectivity index (χ2v) is 5.25. The monoisotopic (exact) mass is 248 g/mol. The van der Waals surface area contributed by atoms with E-state index in [2.05, 4.69) is 29.8 Å². The van der Waals surface area contributed by atoms with Crippen molar-refractivity contribution in [2.24, 2.45) is 0 Å². The Morgan fingerprint density at radius 3 is 2.69 bits per heavy atom. The smallest absolute Gasteiger partial charge is 0.0703 e. The minimum absolute atomic E-state index is 0.438. The van der Waals surface area contributed by atoms with E-state index in [4.69, 9.17) is 4.74 Å². The predicted molar refractivity (Wildman–Crippen MR) is 60.4 cm³/mol. The van der Waals surface area contributed by atoms with Gasteiger partial charge in [-0.1, -0.05) is 42.1 Å². The number of ether oxygens (including phenoxy) is 1. The molecular weight excluding hydrogens is 228 g/mol. The van der Waals surface area contributed by atoms with Crippen molar-refractivity contribution in [3.05, 3.63) is 0 Å². The molecule has 1 aliphatic rings. The fraction of sp³-hybridized carbons (Fsp3) is 1.00. The van der Waals surface area contributed by atoms with Crippen LogP contribution in [0.1, 0.15) is 52.4 Å². The molecule has 0 amide bonds. The van der Waals surface area contributed by atoms with Crippen molar-refractivity contribution in [3.8, 4) is 0 Å². The van der Waals surface area contributed by atoms with Crippen molar-refractivity contribution in [1.82, 2.24) is 0 Å². The first kappa shape index (κ1) is 11.5. The third-order valence-corrected chi connectivity index (χ3v) is 3.77. The van der Waals surface area contributed by atoms with Gasteiger partial charge in [0.2, 0.25) is 0 Å². The van der Waals surface area contributed by atoms with Crippen molar-refractivity contribution in [2.75, 3.05) is 0 Å². The Balaban J connectivity index is 2.25. The lowest BCUT2D eigenvalue weighted by Crippen LogP contribution is -2.31. The highest BCUT2D eigenvalue weighted by Gasteiger charge is 2.24. The number of halogens is 1. The lowest BCUT2D eigenvalue weighted by Gasteiger charge is -2.30. The fourth-order valence-corrected chi connectivity index (χ4v) is 2.69. The summed E-state index contributed by atoms with van der Waals surface area (Å²) < 4.78 is 6.00. The Bertz CT molecular complexity index is 138. The third-order valence-electron chi connectivity index (χ3n) is 2.72. The quantitative estimate of drug-likeness (QED) is 0.686. The maximum absolute atomic E-state index is 6.00. The van der Waals surface area contributed by atoms with Gasteiger partial charge in [-0.05, 0) is 26.2 Å². The zero-order chi connectivity index (χ0) is 9.68. The van der Waals surface area contributed by atoms with Gasteiger partial charge in [0.25, 0.3) is 0 Å². The molecule has 0 N–H and O–H groups in total. The highest BCUT2D eigenvalue weighted by Crippen LogP contribution is 2.28. The minimum atomic E-state index is 0.438. The molecule has 0 aromatic rings. The largest absolute Gasteiger partial charge is 0.374 e. The van der Waals surface area contributed by atoms with Gasteiger partial charge in [-0.2, -0.15) is 0 Å². The van der Waals surface area contributed by atoms with E-state index in [0.717, 1.165) is 0 Å². The van der Waals surface area contributed by atoms with Gasteiger partial charge in [0.1, 0.15) is 0 Å². The molecule has 0 aliphatic heterocycles. The maximum Gasteiger partial charge on any atom is 0.0703 e. The average molecular weight is 249 g/mol. The number of hydrogen-bond donors (Lipinski definition) is 0. The van der Waals surface area contributed by atoms with Gasteiger partial charge in [0.05, 0.1) is 12.2 Å². The van der Waals surface area contributed by atoms with Crippen LogP contribution in [0.5, 0.6) is 0 Å². The third kappa shape index (κ3) is 3.99. The van der Waals surface area contributed by atoms with Crippen LogP contribution < -0.4 is 0 Å². The molecule has 2 heteroatoms. The van der Waals surface area contributed by atoms with Gasteiger partial charge in [-0.15, -0.1) is 0 Å². The number of alkyl halides is 1. The normalized spacial score (nSPS) is 31.6. The Morgan fingerprint density at radius 1 is 1.38 bits per heavy atom. The first-order valence-electron chi connectivity index (χ1n) is 5.53. The molecule has 1 nitrogen and oxygen atoms in total. The summed E-state index contributed by atoms with van der Waals surface area (Å²) in [4.78, 5) is 0.598. The van der Waals surface area contributed by atoms with Crippen LogP contribution >= 0.6 is 15.9 Å². The number of rotatable bonds is 4. The Morgan fingerprint density at radius 2 is 2.08 bits per heavy atom. The standard InChI is InChI=1S/C11H21BrO/c1-3-6-9(2)13-11-8-5-4-7-10(11)12/h9-11H,3-8H2,1-2H3. The highest BCUT2D eigenvalue weighted by molar-refractivity contribution is 9.09. The van der Waals surface area contributed by atoms with Crippen LogP contribution in [0.15, 0.2) is 0 Å². The summed E-state index contributed by atoms with van der Waals surface area (Å²) in [6.07, 6.45) is 8.54. The van der Waals surface area contributed by atoms with Crippen molar-refractivity contribution < 1.29 is 4.74 Å². The van der Waals surface area contributed by atoms with Crippen LogP contribution in [0.2, 0.25) is 0 Å². The molecule has 0 radical (unpaired) electrons. The van der Waals surface area contributed by atoms with Crippen LogP contribution in [0.3, 0.4) is 0 Å². The molecule has 3 unspecified atom stereocenters. The summed E-state index contributed by atoms with van der Waals surface area (Å²) >= 11 is 3.71. The molecule has 1 saturated carbocycles. The maximum atomic E-state index is 6.00. The molecule has 0 bridgehead atoms. The first-order chi connectivity index (χ1) is 6.24. The van der Waals surface area contributed by atoms with Crippen LogP contribution in [-0.2, 0) is 4.74 Å². The summed E-state index contributed by atoms with van der Waals surface area (Å²) in [6.45, 7) is 4.41. The lowest BCUT2D eigenvalue weighted by atomic mass is 9.97. The van der Waals surface area contributed by atoms with Crippen molar-refractivity contribution >= 4 is 15.9 Å². The zero-order valence-electron chi connectivity index (χ0n) is 8.76. The van der Waals surface area contributed by atoms with Crippen molar-refractivity contribution in [3.63, 3.8) is 0 Å². The molecule has 3 atom stereocenters. The summed E-state index contributed by atoms with van der Waals surface area (Å²) in [5.74, 6) is 0. The number of hydrogen-bond acceptors (Lipinski definition) is 1. The van der Waals surface area contributed by atoms with Gasteiger partial charge in [-0.25, -0.2) is 0 Å². The minimum Gasteiger partial charge on any atom is -0.374 e. The van der Waals surface area contributed by atoms with Gasteiger partial charge in [-0.3, -0.25) is 0 Å². The molecule has 78 valence electrons. The summed E-state index contributed by atoms with van der Waals surface area (Å²) in [7, 11) is 0. The van der Waals surface area contributed by atoms with E-state index in [9.17, 15) is 0 Å². The van der Waals surface area contributed by atoms with Gasteiger partial charge < -0.3 is 4.74 Å². The topological polar surface area (TPSA) is 9.23 Å². The van der Waals surface area contributed by atoms with E-state index in [-0.39, 0.29) is 0 Å². The van der Waals surface area contributed by atoms with Gasteiger partial charge in [0, 0.05) is 4.83 Å². The predicted octanol–water partition coefficient (Wildman–Crippen LogP) is 3.90. The molecule has 1 fully saturated rings. The van der Waals surface area contributed by atoms with E-state index in [1.807, 2.05) is 0 Å². The molecular formula is C11H21BrO. The molecule has 0 aromatic carbocycles.